The molecule has 0 spiro atoms. The summed E-state index contributed by atoms with van der Waals surface area (Å²) in [5.41, 5.74) is 3.05. The van der Waals surface area contributed by atoms with E-state index in [4.69, 9.17) is 4.74 Å². The van der Waals surface area contributed by atoms with E-state index in [2.05, 4.69) is 10.3 Å². The highest BCUT2D eigenvalue weighted by Gasteiger charge is 2.20. The summed E-state index contributed by atoms with van der Waals surface area (Å²) < 4.78 is 21.1. The molecule has 0 saturated carbocycles. The smallest absolute Gasteiger partial charge is 0.257 e. The van der Waals surface area contributed by atoms with Gasteiger partial charge in [0.05, 0.1) is 6.10 Å². The molecule has 1 unspecified atom stereocenters. The van der Waals surface area contributed by atoms with Crippen LogP contribution in [0.5, 0.6) is 0 Å². The standard InChI is InChI=1S/C20H20FN3O2/c1-13-23-18-10-14(20(25)22-12-17-6-3-9-26-17)7-8-19(18)24(13)16-5-2-4-15(21)11-16/h2,4-5,7-8,10-11,17H,3,6,9,12H2,1H3,(H,22,25)/p+1. The van der Waals surface area contributed by atoms with Gasteiger partial charge in [-0.2, -0.15) is 4.57 Å². The molecule has 134 valence electrons. The topological polar surface area (TPSA) is 58.0 Å². The summed E-state index contributed by atoms with van der Waals surface area (Å²) in [4.78, 5) is 15.7. The highest BCUT2D eigenvalue weighted by molar-refractivity contribution is 5.97. The lowest BCUT2D eigenvalue weighted by Crippen LogP contribution is -2.33. The Kier molecular flexibility index (Phi) is 4.42. The van der Waals surface area contributed by atoms with Crippen LogP contribution in [-0.4, -0.2) is 30.1 Å². The first-order valence-corrected chi connectivity index (χ1v) is 8.82. The third kappa shape index (κ3) is 3.20. The van der Waals surface area contributed by atoms with Crippen LogP contribution in [0.25, 0.3) is 16.7 Å². The van der Waals surface area contributed by atoms with Crippen LogP contribution in [0.4, 0.5) is 4.39 Å². The molecule has 3 aromatic rings. The largest absolute Gasteiger partial charge is 0.376 e. The zero-order chi connectivity index (χ0) is 18.1. The molecule has 4 rings (SSSR count). The van der Waals surface area contributed by atoms with Crippen molar-refractivity contribution < 1.29 is 18.5 Å². The second-order valence-electron chi connectivity index (χ2n) is 6.60. The number of aromatic amines is 1. The average molecular weight is 354 g/mol. The molecule has 1 aromatic heterocycles. The molecule has 2 aromatic carbocycles. The summed E-state index contributed by atoms with van der Waals surface area (Å²) in [7, 11) is 0. The first-order valence-electron chi connectivity index (χ1n) is 8.82. The van der Waals surface area contributed by atoms with Gasteiger partial charge in [-0.05, 0) is 37.1 Å². The molecule has 5 nitrogen and oxygen atoms in total. The Morgan fingerprint density at radius 3 is 3.00 bits per heavy atom. The summed E-state index contributed by atoms with van der Waals surface area (Å²) in [5, 5.41) is 2.93. The number of hydrogen-bond acceptors (Lipinski definition) is 2. The quantitative estimate of drug-likeness (QED) is 0.708. The molecular weight excluding hydrogens is 333 g/mol. The summed E-state index contributed by atoms with van der Waals surface area (Å²) in [6.45, 7) is 3.22. The maximum absolute atomic E-state index is 13.6. The Hall–Kier alpha value is -2.73. The van der Waals surface area contributed by atoms with Crippen molar-refractivity contribution in [3.63, 3.8) is 0 Å². The van der Waals surface area contributed by atoms with Gasteiger partial charge in [-0.3, -0.25) is 4.79 Å². The SMILES string of the molecule is Cc1[nH]c2cc(C(=O)NCC3CCCO3)ccc2[n+]1-c1cccc(F)c1. The number of carbonyl (C=O) groups is 1. The zero-order valence-electron chi connectivity index (χ0n) is 14.6. The summed E-state index contributed by atoms with van der Waals surface area (Å²) in [6.07, 6.45) is 2.16. The van der Waals surface area contributed by atoms with Gasteiger partial charge in [0.25, 0.3) is 11.7 Å². The molecule has 1 fully saturated rings. The number of fused-ring (bicyclic) bond motifs is 1. The van der Waals surface area contributed by atoms with E-state index in [1.807, 2.05) is 29.7 Å². The van der Waals surface area contributed by atoms with Gasteiger partial charge >= 0.3 is 0 Å². The zero-order valence-corrected chi connectivity index (χ0v) is 14.6. The molecule has 0 radical (unpaired) electrons. The number of ether oxygens (including phenoxy) is 1. The fourth-order valence-electron chi connectivity index (χ4n) is 3.47. The minimum Gasteiger partial charge on any atom is -0.376 e. The monoisotopic (exact) mass is 354 g/mol. The van der Waals surface area contributed by atoms with Gasteiger partial charge in [0, 0.05) is 37.8 Å². The van der Waals surface area contributed by atoms with E-state index in [-0.39, 0.29) is 17.8 Å². The minimum atomic E-state index is -0.283. The van der Waals surface area contributed by atoms with Crippen molar-refractivity contribution in [2.75, 3.05) is 13.2 Å². The van der Waals surface area contributed by atoms with E-state index in [0.717, 1.165) is 42.0 Å². The first kappa shape index (κ1) is 16.7. The predicted octanol–water partition coefficient (Wildman–Crippen LogP) is 2.80. The van der Waals surface area contributed by atoms with Crippen LogP contribution in [0.3, 0.4) is 0 Å². The van der Waals surface area contributed by atoms with E-state index in [1.165, 1.54) is 12.1 Å². The second kappa shape index (κ2) is 6.88. The Morgan fingerprint density at radius 1 is 1.35 bits per heavy atom. The number of H-pyrrole nitrogens is 1. The molecule has 1 aliphatic rings. The van der Waals surface area contributed by atoms with Gasteiger partial charge in [-0.1, -0.05) is 6.07 Å². The fraction of sp³-hybridized carbons (Fsp3) is 0.300. The van der Waals surface area contributed by atoms with Crippen molar-refractivity contribution in [1.82, 2.24) is 10.3 Å². The molecule has 1 aliphatic heterocycles. The molecule has 2 heterocycles. The Labute approximate surface area is 150 Å². The van der Waals surface area contributed by atoms with Crippen LogP contribution in [0.15, 0.2) is 42.5 Å². The molecule has 1 saturated heterocycles. The van der Waals surface area contributed by atoms with Crippen LogP contribution in [-0.2, 0) is 4.74 Å². The van der Waals surface area contributed by atoms with Gasteiger partial charge in [0.1, 0.15) is 11.5 Å². The normalized spacial score (nSPS) is 16.9. The lowest BCUT2D eigenvalue weighted by Gasteiger charge is -2.10. The Balaban J connectivity index is 1.61. The molecule has 1 atom stereocenters. The number of aromatic nitrogens is 2. The third-order valence-electron chi connectivity index (χ3n) is 4.73. The van der Waals surface area contributed by atoms with Crippen LogP contribution in [0.1, 0.15) is 29.0 Å². The fourth-order valence-corrected chi connectivity index (χ4v) is 3.47. The van der Waals surface area contributed by atoms with Gasteiger partial charge < -0.3 is 10.1 Å². The highest BCUT2D eigenvalue weighted by Crippen LogP contribution is 2.16. The van der Waals surface area contributed by atoms with Crippen molar-refractivity contribution in [1.29, 1.82) is 0 Å². The lowest BCUT2D eigenvalue weighted by molar-refractivity contribution is -0.574. The number of halogens is 1. The molecule has 0 bridgehead atoms. The number of aryl methyl sites for hydroxylation is 1. The van der Waals surface area contributed by atoms with E-state index in [9.17, 15) is 9.18 Å². The summed E-state index contributed by atoms with van der Waals surface area (Å²) in [5.74, 6) is 0.461. The van der Waals surface area contributed by atoms with Crippen molar-refractivity contribution in [2.24, 2.45) is 0 Å². The molecule has 6 heteroatoms. The van der Waals surface area contributed by atoms with Crippen molar-refractivity contribution in [2.45, 2.75) is 25.9 Å². The molecule has 2 N–H and O–H groups in total. The van der Waals surface area contributed by atoms with Crippen LogP contribution < -0.4 is 9.88 Å². The molecule has 1 amide bonds. The van der Waals surface area contributed by atoms with E-state index >= 15 is 0 Å². The van der Waals surface area contributed by atoms with Crippen molar-refractivity contribution in [3.05, 3.63) is 59.7 Å². The second-order valence-corrected chi connectivity index (χ2v) is 6.60. The number of nitrogens with one attached hydrogen (secondary N) is 2. The third-order valence-corrected chi connectivity index (χ3v) is 4.73. The molecular formula is C20H21FN3O2+. The van der Waals surface area contributed by atoms with Crippen molar-refractivity contribution in [3.8, 4) is 5.69 Å². The Bertz CT molecular complexity index is 961. The predicted molar refractivity (Wildman–Crippen MR) is 95.8 cm³/mol. The number of nitrogens with zero attached hydrogens (tertiary/aromatic N) is 1. The number of amides is 1. The highest BCUT2D eigenvalue weighted by atomic mass is 19.1. The minimum absolute atomic E-state index is 0.116. The van der Waals surface area contributed by atoms with Crippen LogP contribution in [0, 0.1) is 12.7 Å². The summed E-state index contributed by atoms with van der Waals surface area (Å²) in [6, 6.07) is 11.9. The maximum atomic E-state index is 13.6. The van der Waals surface area contributed by atoms with E-state index < -0.39 is 0 Å². The Morgan fingerprint density at radius 2 is 2.23 bits per heavy atom. The van der Waals surface area contributed by atoms with Gasteiger partial charge in [-0.15, -0.1) is 0 Å². The van der Waals surface area contributed by atoms with Gasteiger partial charge in [-0.25, -0.2) is 9.37 Å². The number of carbonyl (C=O) groups excluding carboxylic acids is 1. The van der Waals surface area contributed by atoms with E-state index in [0.29, 0.717) is 12.1 Å². The van der Waals surface area contributed by atoms with Crippen LogP contribution >= 0.6 is 0 Å². The molecule has 26 heavy (non-hydrogen) atoms. The van der Waals surface area contributed by atoms with Crippen molar-refractivity contribution >= 4 is 16.9 Å². The summed E-state index contributed by atoms with van der Waals surface area (Å²) >= 11 is 0. The number of hydrogen-bond donors (Lipinski definition) is 2. The van der Waals surface area contributed by atoms with Gasteiger partial charge in [0.2, 0.25) is 0 Å². The first-order chi connectivity index (χ1) is 12.6. The van der Waals surface area contributed by atoms with Crippen LogP contribution in [0.2, 0.25) is 0 Å². The number of rotatable bonds is 4. The number of imidazole rings is 1. The maximum Gasteiger partial charge on any atom is 0.257 e. The average Bonchev–Trinajstić information content (AvgIpc) is 3.25. The lowest BCUT2D eigenvalue weighted by atomic mass is 10.1. The van der Waals surface area contributed by atoms with Gasteiger partial charge in [0.15, 0.2) is 11.0 Å². The van der Waals surface area contributed by atoms with E-state index in [1.54, 1.807) is 12.1 Å². The number of benzene rings is 2. The molecule has 0 aliphatic carbocycles.